The Morgan fingerprint density at radius 1 is 0.844 bits per heavy atom. The molecule has 0 atom stereocenters. The lowest BCUT2D eigenvalue weighted by molar-refractivity contribution is 0.0983. The molecule has 0 fully saturated rings. The van der Waals surface area contributed by atoms with Gasteiger partial charge in [-0.1, -0.05) is 48.5 Å². The Kier molecular flexibility index (Phi) is 6.22. The highest BCUT2D eigenvalue weighted by Gasteiger charge is 2.24. The zero-order chi connectivity index (χ0) is 22.5. The number of rotatable bonds is 7. The molecule has 4 aromatic rings. The Morgan fingerprint density at radius 3 is 2.19 bits per heavy atom. The van der Waals surface area contributed by atoms with Crippen molar-refractivity contribution in [3.63, 3.8) is 0 Å². The van der Waals surface area contributed by atoms with Crippen LogP contribution >= 0.6 is 0 Å². The van der Waals surface area contributed by atoms with Crippen LogP contribution in [0.25, 0.3) is 10.8 Å². The summed E-state index contributed by atoms with van der Waals surface area (Å²) in [5, 5.41) is 2.21. The molecule has 4 rings (SSSR count). The molecule has 1 amide bonds. The lowest BCUT2D eigenvalue weighted by Gasteiger charge is -2.23. The second-order valence-corrected chi connectivity index (χ2v) is 7.13. The highest BCUT2D eigenvalue weighted by atomic mass is 16.5. The van der Waals surface area contributed by atoms with Crippen LogP contribution in [-0.4, -0.2) is 32.2 Å². The summed E-state index contributed by atoms with van der Waals surface area (Å²) in [7, 11) is 4.58. The second kappa shape index (κ2) is 9.39. The molecule has 0 radical (unpaired) electrons. The van der Waals surface area contributed by atoms with Crippen molar-refractivity contribution in [3.05, 3.63) is 90.1 Å². The van der Waals surface area contributed by atoms with Gasteiger partial charge in [0.2, 0.25) is 5.75 Å². The lowest BCUT2D eigenvalue weighted by atomic mass is 10.0. The van der Waals surface area contributed by atoms with Crippen LogP contribution in [0.3, 0.4) is 0 Å². The van der Waals surface area contributed by atoms with Crippen LogP contribution in [0.1, 0.15) is 15.9 Å². The first-order valence-corrected chi connectivity index (χ1v) is 10.2. The van der Waals surface area contributed by atoms with Gasteiger partial charge in [0.1, 0.15) is 5.82 Å². The van der Waals surface area contributed by atoms with Gasteiger partial charge in [-0.15, -0.1) is 0 Å². The molecule has 0 aliphatic carbocycles. The van der Waals surface area contributed by atoms with Gasteiger partial charge in [0, 0.05) is 11.8 Å². The minimum atomic E-state index is -0.226. The SMILES string of the molecule is COc1cc(C(=O)N(Cc2cccc3ccccc23)c2ccccn2)cc(OC)c1OC. The average Bonchev–Trinajstić information content (AvgIpc) is 2.86. The topological polar surface area (TPSA) is 60.9 Å². The number of pyridine rings is 1. The van der Waals surface area contributed by atoms with E-state index in [1.165, 1.54) is 21.3 Å². The van der Waals surface area contributed by atoms with Gasteiger partial charge in [0.05, 0.1) is 27.9 Å². The van der Waals surface area contributed by atoms with Crippen LogP contribution in [0.2, 0.25) is 0 Å². The summed E-state index contributed by atoms with van der Waals surface area (Å²) < 4.78 is 16.3. The highest BCUT2D eigenvalue weighted by molar-refractivity contribution is 6.06. The first kappa shape index (κ1) is 21.2. The second-order valence-electron chi connectivity index (χ2n) is 7.13. The van der Waals surface area contributed by atoms with Crippen LogP contribution in [0, 0.1) is 0 Å². The quantitative estimate of drug-likeness (QED) is 0.409. The highest BCUT2D eigenvalue weighted by Crippen LogP contribution is 2.39. The van der Waals surface area contributed by atoms with Crippen LogP contribution in [-0.2, 0) is 6.54 Å². The molecular weight excluding hydrogens is 404 g/mol. The van der Waals surface area contributed by atoms with Crippen LogP contribution in [0.15, 0.2) is 79.0 Å². The molecule has 0 spiro atoms. The maximum atomic E-state index is 13.8. The van der Waals surface area contributed by atoms with Crippen molar-refractivity contribution in [1.82, 2.24) is 4.98 Å². The van der Waals surface area contributed by atoms with E-state index in [0.717, 1.165) is 16.3 Å². The van der Waals surface area contributed by atoms with E-state index in [4.69, 9.17) is 14.2 Å². The summed E-state index contributed by atoms with van der Waals surface area (Å²) in [5.74, 6) is 1.60. The Balaban J connectivity index is 1.80. The molecule has 6 heteroatoms. The fourth-order valence-electron chi connectivity index (χ4n) is 3.73. The van der Waals surface area contributed by atoms with Crippen LogP contribution in [0.4, 0.5) is 5.82 Å². The number of hydrogen-bond donors (Lipinski definition) is 0. The van der Waals surface area contributed by atoms with Crippen molar-refractivity contribution in [3.8, 4) is 17.2 Å². The molecule has 6 nitrogen and oxygen atoms in total. The van der Waals surface area contributed by atoms with E-state index in [1.54, 1.807) is 23.2 Å². The molecule has 0 unspecified atom stereocenters. The molecule has 0 aliphatic rings. The maximum absolute atomic E-state index is 13.8. The number of carbonyl (C=O) groups excluding carboxylic acids is 1. The van der Waals surface area contributed by atoms with E-state index in [-0.39, 0.29) is 5.91 Å². The number of ether oxygens (including phenoxy) is 3. The molecule has 0 saturated heterocycles. The number of aromatic nitrogens is 1. The van der Waals surface area contributed by atoms with Crippen LogP contribution < -0.4 is 19.1 Å². The van der Waals surface area contributed by atoms with E-state index in [0.29, 0.717) is 35.2 Å². The van der Waals surface area contributed by atoms with Crippen molar-refractivity contribution in [1.29, 1.82) is 0 Å². The Hall–Kier alpha value is -4.06. The minimum Gasteiger partial charge on any atom is -0.493 e. The molecule has 1 aromatic heterocycles. The lowest BCUT2D eigenvalue weighted by Crippen LogP contribution is -2.31. The van der Waals surface area contributed by atoms with Gasteiger partial charge in [-0.3, -0.25) is 9.69 Å². The summed E-state index contributed by atoms with van der Waals surface area (Å²) in [6, 6.07) is 23.0. The van der Waals surface area contributed by atoms with Gasteiger partial charge in [-0.05, 0) is 40.6 Å². The smallest absolute Gasteiger partial charge is 0.260 e. The molecule has 32 heavy (non-hydrogen) atoms. The van der Waals surface area contributed by atoms with Crippen molar-refractivity contribution in [2.75, 3.05) is 26.2 Å². The summed E-state index contributed by atoms with van der Waals surface area (Å²) in [6.45, 7) is 0.355. The minimum absolute atomic E-state index is 0.226. The number of nitrogens with zero attached hydrogens (tertiary/aromatic N) is 2. The molecule has 3 aromatic carbocycles. The number of fused-ring (bicyclic) bond motifs is 1. The van der Waals surface area contributed by atoms with Crippen molar-refractivity contribution >= 4 is 22.5 Å². The fourth-order valence-corrected chi connectivity index (χ4v) is 3.73. The zero-order valence-electron chi connectivity index (χ0n) is 18.2. The Morgan fingerprint density at radius 2 is 1.53 bits per heavy atom. The third-order valence-electron chi connectivity index (χ3n) is 5.29. The Labute approximate surface area is 187 Å². The van der Waals surface area contributed by atoms with Gasteiger partial charge in [-0.2, -0.15) is 0 Å². The van der Waals surface area contributed by atoms with Crippen molar-refractivity contribution < 1.29 is 19.0 Å². The molecule has 0 aliphatic heterocycles. The van der Waals surface area contributed by atoms with E-state index in [9.17, 15) is 4.79 Å². The normalized spacial score (nSPS) is 10.6. The monoisotopic (exact) mass is 428 g/mol. The van der Waals surface area contributed by atoms with Crippen LogP contribution in [0.5, 0.6) is 17.2 Å². The third kappa shape index (κ3) is 4.07. The first-order chi connectivity index (χ1) is 15.7. The molecule has 0 N–H and O–H groups in total. The van der Waals surface area contributed by atoms with Gasteiger partial charge >= 0.3 is 0 Å². The van der Waals surface area contributed by atoms with Crippen molar-refractivity contribution in [2.24, 2.45) is 0 Å². The van der Waals surface area contributed by atoms with Gasteiger partial charge in [-0.25, -0.2) is 4.98 Å². The summed E-state index contributed by atoms with van der Waals surface area (Å²) in [4.78, 5) is 19.8. The molecule has 162 valence electrons. The summed E-state index contributed by atoms with van der Waals surface area (Å²) in [6.07, 6.45) is 1.67. The third-order valence-corrected chi connectivity index (χ3v) is 5.29. The zero-order valence-corrected chi connectivity index (χ0v) is 18.2. The molecule has 1 heterocycles. The number of carbonyl (C=O) groups is 1. The van der Waals surface area contributed by atoms with Gasteiger partial charge in [0.25, 0.3) is 5.91 Å². The standard InChI is InChI=1S/C26H24N2O4/c1-30-22-15-20(16-23(31-2)25(22)32-3)26(29)28(24-13-6-7-14-27-24)17-19-11-8-10-18-9-4-5-12-21(18)19/h4-16H,17H2,1-3H3. The number of hydrogen-bond acceptors (Lipinski definition) is 5. The molecule has 0 saturated carbocycles. The molecular formula is C26H24N2O4. The summed E-state index contributed by atoms with van der Waals surface area (Å²) >= 11 is 0. The van der Waals surface area contributed by atoms with Gasteiger partial charge < -0.3 is 14.2 Å². The number of benzene rings is 3. The average molecular weight is 428 g/mol. The maximum Gasteiger partial charge on any atom is 0.260 e. The van der Waals surface area contributed by atoms with E-state index >= 15 is 0 Å². The first-order valence-electron chi connectivity index (χ1n) is 10.2. The number of anilines is 1. The van der Waals surface area contributed by atoms with Gasteiger partial charge in [0.15, 0.2) is 11.5 Å². The summed E-state index contributed by atoms with van der Waals surface area (Å²) in [5.41, 5.74) is 1.43. The number of amides is 1. The fraction of sp³-hybridized carbons (Fsp3) is 0.154. The molecule has 0 bridgehead atoms. The van der Waals surface area contributed by atoms with Crippen molar-refractivity contribution in [2.45, 2.75) is 6.54 Å². The largest absolute Gasteiger partial charge is 0.493 e. The predicted octanol–water partition coefficient (Wildman–Crippen LogP) is 5.11. The van der Waals surface area contributed by atoms with E-state index in [1.807, 2.05) is 42.5 Å². The predicted molar refractivity (Wildman–Crippen MR) is 125 cm³/mol. The number of methoxy groups -OCH3 is 3. The Bertz CT molecular complexity index is 1210. The van der Waals surface area contributed by atoms with E-state index in [2.05, 4.69) is 23.2 Å². The van der Waals surface area contributed by atoms with E-state index < -0.39 is 0 Å².